The number of nitrogens with zero attached hydrogens (tertiary/aromatic N) is 2. The zero-order valence-corrected chi connectivity index (χ0v) is 23.7. The Morgan fingerprint density at radius 1 is 0.953 bits per heavy atom. The van der Waals surface area contributed by atoms with Crippen LogP contribution >= 0.6 is 0 Å². The Kier molecular flexibility index (Phi) is 7.43. The zero-order chi connectivity index (χ0) is 31.8. The molecule has 1 amide bonds. The van der Waals surface area contributed by atoms with Crippen molar-refractivity contribution in [1.29, 1.82) is 0 Å². The van der Waals surface area contributed by atoms with Crippen LogP contribution in [0.2, 0.25) is 0 Å². The molecule has 2 saturated heterocycles. The smallest absolute Gasteiger partial charge is 0.337 e. The fourth-order valence-electron chi connectivity index (χ4n) is 6.50. The van der Waals surface area contributed by atoms with Crippen LogP contribution in [0.25, 0.3) is 0 Å². The number of carbonyl (C=O) groups is 1. The minimum absolute atomic E-state index is 0.00291. The fourth-order valence-corrected chi connectivity index (χ4v) is 10.3. The van der Waals surface area contributed by atoms with Gasteiger partial charge in [0, 0.05) is 18.7 Å². The quantitative estimate of drug-likeness (QED) is 0.353. The lowest BCUT2D eigenvalue weighted by molar-refractivity contribution is -0.350. The number of aromatic nitrogens is 1. The molecule has 236 valence electrons. The van der Waals surface area contributed by atoms with Gasteiger partial charge in [0.25, 0.3) is 0 Å². The lowest BCUT2D eigenvalue weighted by Crippen LogP contribution is -2.54. The molecule has 2 aliphatic heterocycles. The number of fused-ring (bicyclic) bond motifs is 3. The molecular formula is C26H24F8N2O5S2. The van der Waals surface area contributed by atoms with E-state index in [0.29, 0.717) is 6.20 Å². The second kappa shape index (κ2) is 10.1. The maximum atomic E-state index is 14.9. The molecule has 0 spiro atoms. The van der Waals surface area contributed by atoms with E-state index in [1.54, 1.807) is 0 Å². The Balaban J connectivity index is 1.65. The van der Waals surface area contributed by atoms with E-state index in [0.717, 1.165) is 24.3 Å². The number of hydrogen-bond donors (Lipinski definition) is 0. The summed E-state index contributed by atoms with van der Waals surface area (Å²) < 4.78 is 160. The summed E-state index contributed by atoms with van der Waals surface area (Å²) in [5.74, 6) is -2.56. The number of rotatable bonds is 4. The zero-order valence-electron chi connectivity index (χ0n) is 22.1. The third kappa shape index (κ3) is 4.80. The van der Waals surface area contributed by atoms with Gasteiger partial charge in [0.1, 0.15) is 20.4 Å². The molecule has 3 heterocycles. The summed E-state index contributed by atoms with van der Waals surface area (Å²) in [5, 5.41) is 0. The van der Waals surface area contributed by atoms with Gasteiger partial charge in [-0.2, -0.15) is 26.3 Å². The van der Waals surface area contributed by atoms with Gasteiger partial charge < -0.3 is 4.90 Å². The van der Waals surface area contributed by atoms with Gasteiger partial charge in [-0.3, -0.25) is 9.78 Å². The molecule has 0 N–H and O–H groups in total. The first kappa shape index (κ1) is 31.6. The maximum absolute atomic E-state index is 14.9. The third-order valence-corrected chi connectivity index (χ3v) is 13.0. The Bertz CT molecular complexity index is 1630. The number of sulfone groups is 2. The van der Waals surface area contributed by atoms with Crippen molar-refractivity contribution in [3.8, 4) is 0 Å². The molecule has 2 atom stereocenters. The van der Waals surface area contributed by atoms with E-state index >= 15 is 0 Å². The second-order valence-corrected chi connectivity index (χ2v) is 15.5. The molecular weight excluding hydrogens is 636 g/mol. The summed E-state index contributed by atoms with van der Waals surface area (Å²) >= 11 is 0. The van der Waals surface area contributed by atoms with Crippen LogP contribution in [0.5, 0.6) is 0 Å². The molecule has 1 aromatic heterocycles. The van der Waals surface area contributed by atoms with E-state index in [1.807, 2.05) is 0 Å². The number of amides is 1. The number of halogens is 8. The Hall–Kier alpha value is -2.82. The van der Waals surface area contributed by atoms with Crippen LogP contribution in [0.1, 0.15) is 42.5 Å². The molecule has 43 heavy (non-hydrogen) atoms. The molecule has 1 aliphatic carbocycles. The van der Waals surface area contributed by atoms with E-state index < -0.39 is 76.7 Å². The van der Waals surface area contributed by atoms with E-state index in [4.69, 9.17) is 0 Å². The first-order valence-electron chi connectivity index (χ1n) is 13.1. The van der Waals surface area contributed by atoms with Crippen LogP contribution in [0.4, 0.5) is 35.1 Å². The van der Waals surface area contributed by atoms with Crippen molar-refractivity contribution in [1.82, 2.24) is 9.88 Å². The van der Waals surface area contributed by atoms with Crippen molar-refractivity contribution in [2.75, 3.05) is 18.1 Å². The number of benzene rings is 1. The van der Waals surface area contributed by atoms with Crippen LogP contribution in [0.15, 0.2) is 41.4 Å². The van der Waals surface area contributed by atoms with Crippen molar-refractivity contribution >= 4 is 25.6 Å². The van der Waals surface area contributed by atoms with Crippen molar-refractivity contribution < 1.29 is 56.8 Å². The summed E-state index contributed by atoms with van der Waals surface area (Å²) in [6, 6.07) is 2.70. The minimum atomic E-state index is -6.44. The lowest BCUT2D eigenvalue weighted by atomic mass is 9.78. The number of pyridine rings is 1. The molecule has 1 aromatic carbocycles. The van der Waals surface area contributed by atoms with Gasteiger partial charge in [-0.1, -0.05) is 0 Å². The Morgan fingerprint density at radius 3 is 2.09 bits per heavy atom. The average molecular weight is 661 g/mol. The molecule has 3 aliphatic rings. The molecule has 0 saturated carbocycles. The fraction of sp³-hybridized carbons (Fsp3) is 0.538. The van der Waals surface area contributed by atoms with Crippen molar-refractivity contribution in [3.05, 3.63) is 59.2 Å². The molecule has 17 heteroatoms. The van der Waals surface area contributed by atoms with Crippen molar-refractivity contribution in [2.45, 2.75) is 65.8 Å². The van der Waals surface area contributed by atoms with Crippen LogP contribution in [0.3, 0.4) is 0 Å². The first-order valence-corrected chi connectivity index (χ1v) is 16.4. The van der Waals surface area contributed by atoms with E-state index in [1.165, 1.54) is 4.90 Å². The molecule has 2 fully saturated rings. The number of alkyl halides is 7. The SMILES string of the molecule is O=C(C1CCS(=O)(=O)CC1)N1CCC2(S(=O)(=O)c3ccc(F)cc3)c3cnc(C(F)(C(F)(F)F)C(F)(F)F)cc3CCC12. The van der Waals surface area contributed by atoms with Gasteiger partial charge >= 0.3 is 18.0 Å². The first-order chi connectivity index (χ1) is 19.8. The predicted octanol–water partition coefficient (Wildman–Crippen LogP) is 4.55. The maximum Gasteiger partial charge on any atom is 0.437 e. The monoisotopic (exact) mass is 660 g/mol. The largest absolute Gasteiger partial charge is 0.437 e. The number of carbonyl (C=O) groups excluding carboxylic acids is 1. The van der Waals surface area contributed by atoms with Crippen molar-refractivity contribution in [3.63, 3.8) is 0 Å². The van der Waals surface area contributed by atoms with Crippen LogP contribution in [0, 0.1) is 11.7 Å². The number of hydrogen-bond acceptors (Lipinski definition) is 6. The van der Waals surface area contributed by atoms with Gasteiger partial charge in [-0.25, -0.2) is 25.6 Å². The standard InChI is InChI=1S/C26H24F8N2O5S2/c27-17-2-4-18(5-3-17)43(40,41)23-9-10-36(22(37)15-7-11-42(38,39)12-8-15)21(23)6-1-16-13-20(35-14-19(16)23)24(28,25(29,30)31)26(32,33)34/h2-5,13-15,21H,1,6-12H2. The normalized spacial score (nSPS) is 24.8. The summed E-state index contributed by atoms with van der Waals surface area (Å²) in [6.45, 7) is -0.188. The highest BCUT2D eigenvalue weighted by molar-refractivity contribution is 7.92. The minimum Gasteiger partial charge on any atom is -0.337 e. The highest BCUT2D eigenvalue weighted by atomic mass is 32.2. The molecule has 2 unspecified atom stereocenters. The van der Waals surface area contributed by atoms with Crippen LogP contribution in [-0.2, 0) is 41.3 Å². The summed E-state index contributed by atoms with van der Waals surface area (Å²) in [7, 11) is -7.99. The lowest BCUT2D eigenvalue weighted by Gasteiger charge is -2.43. The highest BCUT2D eigenvalue weighted by Crippen LogP contribution is 2.56. The second-order valence-electron chi connectivity index (χ2n) is 11.0. The molecule has 0 radical (unpaired) electrons. The predicted molar refractivity (Wildman–Crippen MR) is 134 cm³/mol. The van der Waals surface area contributed by atoms with Gasteiger partial charge in [0.15, 0.2) is 9.84 Å². The molecule has 5 rings (SSSR count). The molecule has 2 aromatic rings. The number of aryl methyl sites for hydroxylation is 1. The van der Waals surface area contributed by atoms with Crippen LogP contribution < -0.4 is 0 Å². The van der Waals surface area contributed by atoms with E-state index in [9.17, 15) is 56.8 Å². The molecule has 0 bridgehead atoms. The average Bonchev–Trinajstić information content (AvgIpc) is 3.32. The van der Waals surface area contributed by atoms with Gasteiger partial charge in [-0.05, 0) is 73.6 Å². The highest BCUT2D eigenvalue weighted by Gasteiger charge is 2.75. The van der Waals surface area contributed by atoms with Gasteiger partial charge in [-0.15, -0.1) is 0 Å². The van der Waals surface area contributed by atoms with Crippen molar-refractivity contribution in [2.24, 2.45) is 5.92 Å². The summed E-state index contributed by atoms with van der Waals surface area (Å²) in [6.07, 6.45) is -13.3. The third-order valence-electron chi connectivity index (χ3n) is 8.70. The molecule has 7 nitrogen and oxygen atoms in total. The Morgan fingerprint density at radius 2 is 1.53 bits per heavy atom. The van der Waals surface area contributed by atoms with Gasteiger partial charge in [0.05, 0.1) is 28.1 Å². The number of likely N-dealkylation sites (tertiary alicyclic amines) is 1. The Labute approximate surface area is 241 Å². The van der Waals surface area contributed by atoms with Crippen LogP contribution in [-0.4, -0.2) is 69.1 Å². The topological polar surface area (TPSA) is 101 Å². The van der Waals surface area contributed by atoms with E-state index in [2.05, 4.69) is 4.98 Å². The summed E-state index contributed by atoms with van der Waals surface area (Å²) in [4.78, 5) is 17.6. The summed E-state index contributed by atoms with van der Waals surface area (Å²) in [5.41, 5.74) is -8.45. The van der Waals surface area contributed by atoms with E-state index in [-0.39, 0.29) is 67.3 Å². The van der Waals surface area contributed by atoms with Gasteiger partial charge in [0.2, 0.25) is 5.91 Å².